The maximum Gasteiger partial charge on any atom is 0.123 e. The molecule has 1 aliphatic rings. The highest BCUT2D eigenvalue weighted by atomic mass is 32.1. The molecule has 1 fully saturated rings. The minimum atomic E-state index is 0.310. The van der Waals surface area contributed by atoms with Crippen LogP contribution in [0.25, 0.3) is 10.6 Å². The average Bonchev–Trinajstić information content (AvgIpc) is 2.99. The molecule has 0 amide bonds. The van der Waals surface area contributed by atoms with Gasteiger partial charge in [0, 0.05) is 36.6 Å². The van der Waals surface area contributed by atoms with Crippen molar-refractivity contribution in [1.82, 2.24) is 9.88 Å². The molecule has 3 rings (SSSR count). The molecule has 20 heavy (non-hydrogen) atoms. The summed E-state index contributed by atoms with van der Waals surface area (Å²) in [5.74, 6) is 0.588. The molecule has 2 aromatic rings. The van der Waals surface area contributed by atoms with Crippen LogP contribution in [-0.4, -0.2) is 29.0 Å². The Labute approximate surface area is 124 Å². The summed E-state index contributed by atoms with van der Waals surface area (Å²) < 4.78 is 0. The van der Waals surface area contributed by atoms with Crippen LogP contribution in [0.2, 0.25) is 0 Å². The largest absolute Gasteiger partial charge is 0.326 e. The number of benzene rings is 1. The van der Waals surface area contributed by atoms with E-state index in [1.807, 2.05) is 0 Å². The van der Waals surface area contributed by atoms with E-state index in [0.717, 1.165) is 30.3 Å². The van der Waals surface area contributed by atoms with Crippen LogP contribution in [0.3, 0.4) is 0 Å². The van der Waals surface area contributed by atoms with Crippen molar-refractivity contribution in [3.63, 3.8) is 0 Å². The van der Waals surface area contributed by atoms with Crippen LogP contribution < -0.4 is 5.73 Å². The van der Waals surface area contributed by atoms with E-state index in [0.29, 0.717) is 12.0 Å². The number of rotatable bonds is 3. The van der Waals surface area contributed by atoms with Crippen molar-refractivity contribution in [2.24, 2.45) is 11.7 Å². The van der Waals surface area contributed by atoms with Gasteiger partial charge in [-0.2, -0.15) is 0 Å². The molecular formula is C16H21N3S. The van der Waals surface area contributed by atoms with E-state index in [2.05, 4.69) is 48.4 Å². The van der Waals surface area contributed by atoms with Crippen LogP contribution in [0.4, 0.5) is 0 Å². The summed E-state index contributed by atoms with van der Waals surface area (Å²) in [7, 11) is 0. The fraction of sp³-hybridized carbons (Fsp3) is 0.438. The van der Waals surface area contributed by atoms with Crippen molar-refractivity contribution in [2.75, 3.05) is 13.1 Å². The van der Waals surface area contributed by atoms with Gasteiger partial charge in [-0.15, -0.1) is 11.3 Å². The van der Waals surface area contributed by atoms with Crippen molar-refractivity contribution in [2.45, 2.75) is 26.4 Å². The molecule has 1 aromatic carbocycles. The number of aryl methyl sites for hydroxylation is 1. The summed E-state index contributed by atoms with van der Waals surface area (Å²) in [6.45, 7) is 7.32. The summed E-state index contributed by atoms with van der Waals surface area (Å²) in [5, 5.41) is 3.28. The Hall–Kier alpha value is -1.23. The van der Waals surface area contributed by atoms with Crippen molar-refractivity contribution < 1.29 is 0 Å². The number of hydrogen-bond acceptors (Lipinski definition) is 4. The number of nitrogens with zero attached hydrogens (tertiary/aromatic N) is 2. The molecule has 0 radical (unpaired) electrons. The molecule has 3 nitrogen and oxygen atoms in total. The standard InChI is InChI=1S/C16H21N3S/c1-11-3-5-13(6-4-11)16-18-14(10-20-16)8-19-7-12(2)15(17)9-19/h3-6,10,12,15H,7-9,17H2,1-2H3. The smallest absolute Gasteiger partial charge is 0.123 e. The maximum atomic E-state index is 6.07. The topological polar surface area (TPSA) is 42.2 Å². The van der Waals surface area contributed by atoms with Crippen molar-refractivity contribution >= 4 is 11.3 Å². The minimum absolute atomic E-state index is 0.310. The summed E-state index contributed by atoms with van der Waals surface area (Å²) >= 11 is 1.72. The predicted octanol–water partition coefficient (Wildman–Crippen LogP) is 2.90. The quantitative estimate of drug-likeness (QED) is 0.944. The van der Waals surface area contributed by atoms with Crippen LogP contribution >= 0.6 is 11.3 Å². The second-order valence-corrected chi connectivity index (χ2v) is 6.70. The molecule has 2 heterocycles. The first-order chi connectivity index (χ1) is 9.61. The Bertz CT molecular complexity index is 566. The van der Waals surface area contributed by atoms with Crippen LogP contribution in [0.5, 0.6) is 0 Å². The molecule has 0 saturated carbocycles. The van der Waals surface area contributed by atoms with Crippen molar-refractivity contribution in [1.29, 1.82) is 0 Å². The van der Waals surface area contributed by atoms with E-state index in [9.17, 15) is 0 Å². The van der Waals surface area contributed by atoms with Gasteiger partial charge in [0.1, 0.15) is 5.01 Å². The van der Waals surface area contributed by atoms with Gasteiger partial charge in [-0.05, 0) is 12.8 Å². The zero-order valence-corrected chi connectivity index (χ0v) is 12.9. The van der Waals surface area contributed by atoms with E-state index >= 15 is 0 Å². The van der Waals surface area contributed by atoms with Gasteiger partial charge in [-0.1, -0.05) is 36.8 Å². The Balaban J connectivity index is 1.69. The first-order valence-electron chi connectivity index (χ1n) is 7.11. The van der Waals surface area contributed by atoms with E-state index in [1.54, 1.807) is 11.3 Å². The van der Waals surface area contributed by atoms with Gasteiger partial charge in [0.15, 0.2) is 0 Å². The molecule has 2 N–H and O–H groups in total. The van der Waals surface area contributed by atoms with Crippen LogP contribution in [-0.2, 0) is 6.54 Å². The van der Waals surface area contributed by atoms with Gasteiger partial charge in [0.25, 0.3) is 0 Å². The Kier molecular flexibility index (Phi) is 3.87. The highest BCUT2D eigenvalue weighted by Gasteiger charge is 2.26. The van der Waals surface area contributed by atoms with E-state index in [1.165, 1.54) is 11.1 Å². The lowest BCUT2D eigenvalue weighted by Crippen LogP contribution is -2.28. The summed E-state index contributed by atoms with van der Waals surface area (Å²) in [5.41, 5.74) is 9.72. The fourth-order valence-corrected chi connectivity index (χ4v) is 3.48. The summed E-state index contributed by atoms with van der Waals surface area (Å²) in [4.78, 5) is 7.17. The maximum absolute atomic E-state index is 6.07. The highest BCUT2D eigenvalue weighted by molar-refractivity contribution is 7.13. The third-order valence-corrected chi connectivity index (χ3v) is 4.92. The molecule has 1 aromatic heterocycles. The fourth-order valence-electron chi connectivity index (χ4n) is 2.66. The minimum Gasteiger partial charge on any atom is -0.326 e. The van der Waals surface area contributed by atoms with Crippen molar-refractivity contribution in [3.05, 3.63) is 40.9 Å². The van der Waals surface area contributed by atoms with E-state index < -0.39 is 0 Å². The van der Waals surface area contributed by atoms with Gasteiger partial charge in [0.2, 0.25) is 0 Å². The van der Waals surface area contributed by atoms with Gasteiger partial charge < -0.3 is 5.73 Å². The SMILES string of the molecule is Cc1ccc(-c2nc(CN3CC(C)C(N)C3)cs2)cc1. The molecule has 2 unspecified atom stereocenters. The van der Waals surface area contributed by atoms with Crippen LogP contribution in [0, 0.1) is 12.8 Å². The number of nitrogens with two attached hydrogens (primary N) is 1. The number of aromatic nitrogens is 1. The molecule has 0 aliphatic carbocycles. The molecule has 1 aliphatic heterocycles. The second kappa shape index (κ2) is 5.64. The molecule has 0 bridgehead atoms. The Morgan fingerprint density at radius 2 is 2.05 bits per heavy atom. The average molecular weight is 287 g/mol. The Morgan fingerprint density at radius 1 is 1.30 bits per heavy atom. The van der Waals surface area contributed by atoms with E-state index in [4.69, 9.17) is 10.7 Å². The van der Waals surface area contributed by atoms with Gasteiger partial charge in [-0.3, -0.25) is 4.90 Å². The lowest BCUT2D eigenvalue weighted by molar-refractivity contribution is 0.315. The highest BCUT2D eigenvalue weighted by Crippen LogP contribution is 2.25. The van der Waals surface area contributed by atoms with Crippen molar-refractivity contribution in [3.8, 4) is 10.6 Å². The first-order valence-corrected chi connectivity index (χ1v) is 7.99. The summed E-state index contributed by atoms with van der Waals surface area (Å²) in [6.07, 6.45) is 0. The molecule has 1 saturated heterocycles. The summed E-state index contributed by atoms with van der Waals surface area (Å²) in [6, 6.07) is 8.87. The zero-order chi connectivity index (χ0) is 14.1. The molecule has 0 spiro atoms. The van der Waals surface area contributed by atoms with Crippen LogP contribution in [0.1, 0.15) is 18.2 Å². The van der Waals surface area contributed by atoms with Gasteiger partial charge in [0.05, 0.1) is 5.69 Å². The third-order valence-electron chi connectivity index (χ3n) is 3.98. The molecule has 4 heteroatoms. The van der Waals surface area contributed by atoms with Gasteiger partial charge in [-0.25, -0.2) is 4.98 Å². The zero-order valence-electron chi connectivity index (χ0n) is 12.0. The first kappa shape index (κ1) is 13.7. The Morgan fingerprint density at radius 3 is 2.70 bits per heavy atom. The molecule has 2 atom stereocenters. The third kappa shape index (κ3) is 2.92. The van der Waals surface area contributed by atoms with Gasteiger partial charge >= 0.3 is 0 Å². The molecular weight excluding hydrogens is 266 g/mol. The van der Waals surface area contributed by atoms with E-state index in [-0.39, 0.29) is 0 Å². The lowest BCUT2D eigenvalue weighted by atomic mass is 10.1. The number of hydrogen-bond donors (Lipinski definition) is 1. The monoisotopic (exact) mass is 287 g/mol. The lowest BCUT2D eigenvalue weighted by Gasteiger charge is -2.12. The second-order valence-electron chi connectivity index (χ2n) is 5.85. The normalized spacial score (nSPS) is 23.4. The van der Waals surface area contributed by atoms with Crippen LogP contribution in [0.15, 0.2) is 29.6 Å². The predicted molar refractivity (Wildman–Crippen MR) is 84.7 cm³/mol. The number of likely N-dealkylation sites (tertiary alicyclic amines) is 1. The number of thiazole rings is 1. The molecule has 106 valence electrons.